The van der Waals surface area contributed by atoms with Gasteiger partial charge in [0, 0.05) is 23.7 Å². The summed E-state index contributed by atoms with van der Waals surface area (Å²) >= 11 is 0. The largest absolute Gasteiger partial charge is 0.481 e. The number of fused-ring (bicyclic) bond motifs is 3. The van der Waals surface area contributed by atoms with E-state index in [9.17, 15) is 22.8 Å². The van der Waals surface area contributed by atoms with Crippen molar-refractivity contribution >= 4 is 17.6 Å². The molecule has 2 aromatic rings. The van der Waals surface area contributed by atoms with Crippen LogP contribution in [0.5, 0.6) is 0 Å². The highest BCUT2D eigenvalue weighted by atomic mass is 19.4. The number of nitrogens with one attached hydrogen (secondary N) is 2. The Bertz CT molecular complexity index is 1030. The molecule has 0 unspecified atom stereocenters. The number of amides is 1. The fourth-order valence-corrected chi connectivity index (χ4v) is 4.33. The predicted octanol–water partition coefficient (Wildman–Crippen LogP) is 4.74. The third-order valence-electron chi connectivity index (χ3n) is 5.85. The minimum absolute atomic E-state index is 0.0373. The molecule has 0 radical (unpaired) electrons. The second-order valence-corrected chi connectivity index (χ2v) is 7.80. The number of halogens is 3. The second kappa shape index (κ2) is 8.09. The van der Waals surface area contributed by atoms with Gasteiger partial charge in [0.15, 0.2) is 0 Å². The topological polar surface area (TPSA) is 78.4 Å². The van der Waals surface area contributed by atoms with Crippen molar-refractivity contribution in [3.63, 3.8) is 0 Å². The molecule has 2 aliphatic rings. The van der Waals surface area contributed by atoms with Crippen LogP contribution in [0.2, 0.25) is 0 Å². The summed E-state index contributed by atoms with van der Waals surface area (Å²) in [5, 5.41) is 14.7. The molecule has 1 heterocycles. The molecule has 3 N–H and O–H groups in total. The minimum atomic E-state index is -4.37. The minimum Gasteiger partial charge on any atom is -0.481 e. The Morgan fingerprint density at radius 1 is 1.13 bits per heavy atom. The zero-order valence-electron chi connectivity index (χ0n) is 16.4. The van der Waals surface area contributed by atoms with E-state index in [0.717, 1.165) is 35.4 Å². The standard InChI is InChI=1S/C23H21F3N2O3/c24-23(25,26)15-7-4-13(5-8-15)21-17-3-1-2-16(17)18-12-14(6-9-19(18)28-21)22(31)27-11-10-20(29)30/h1-2,4-9,12,16-17,21,28H,3,10-11H2,(H,27,31)(H,29,30)/t16-,17+,21-/m1/s1. The molecule has 1 aliphatic heterocycles. The summed E-state index contributed by atoms with van der Waals surface area (Å²) in [6, 6.07) is 10.4. The van der Waals surface area contributed by atoms with Crippen molar-refractivity contribution in [1.29, 1.82) is 0 Å². The first-order chi connectivity index (χ1) is 14.7. The first kappa shape index (κ1) is 21.0. The lowest BCUT2D eigenvalue weighted by atomic mass is 9.76. The van der Waals surface area contributed by atoms with Crippen LogP contribution < -0.4 is 10.6 Å². The van der Waals surface area contributed by atoms with Gasteiger partial charge in [0.05, 0.1) is 18.0 Å². The van der Waals surface area contributed by atoms with E-state index in [4.69, 9.17) is 5.11 Å². The van der Waals surface area contributed by atoms with Crippen LogP contribution in [0.25, 0.3) is 0 Å². The zero-order chi connectivity index (χ0) is 22.2. The van der Waals surface area contributed by atoms with E-state index >= 15 is 0 Å². The first-order valence-electron chi connectivity index (χ1n) is 9.98. The van der Waals surface area contributed by atoms with Gasteiger partial charge in [-0.15, -0.1) is 0 Å². The SMILES string of the molecule is O=C(O)CCNC(=O)c1ccc2c(c1)[C@@H]1C=CC[C@@H]1[C@@H](c1ccc(C(F)(F)F)cc1)N2. The van der Waals surface area contributed by atoms with Crippen LogP contribution in [0, 0.1) is 5.92 Å². The van der Waals surface area contributed by atoms with Crippen LogP contribution >= 0.6 is 0 Å². The summed E-state index contributed by atoms with van der Waals surface area (Å²) in [5.41, 5.74) is 2.34. The van der Waals surface area contributed by atoms with Crippen molar-refractivity contribution in [2.75, 3.05) is 11.9 Å². The Balaban J connectivity index is 1.57. The third kappa shape index (κ3) is 4.28. The molecule has 0 aromatic heterocycles. The van der Waals surface area contributed by atoms with Gasteiger partial charge in [0.25, 0.3) is 5.91 Å². The monoisotopic (exact) mass is 430 g/mol. The fourth-order valence-electron chi connectivity index (χ4n) is 4.33. The van der Waals surface area contributed by atoms with Crippen molar-refractivity contribution in [2.24, 2.45) is 5.92 Å². The van der Waals surface area contributed by atoms with E-state index in [1.807, 2.05) is 0 Å². The summed E-state index contributed by atoms with van der Waals surface area (Å²) < 4.78 is 38.7. The smallest absolute Gasteiger partial charge is 0.416 e. The van der Waals surface area contributed by atoms with E-state index in [-0.39, 0.29) is 36.8 Å². The van der Waals surface area contributed by atoms with Gasteiger partial charge in [0.1, 0.15) is 0 Å². The van der Waals surface area contributed by atoms with Crippen molar-refractivity contribution in [2.45, 2.75) is 31.0 Å². The van der Waals surface area contributed by atoms with Gasteiger partial charge in [-0.2, -0.15) is 13.2 Å². The van der Waals surface area contributed by atoms with Gasteiger partial charge < -0.3 is 15.7 Å². The molecule has 31 heavy (non-hydrogen) atoms. The van der Waals surface area contributed by atoms with Crippen molar-refractivity contribution in [3.05, 3.63) is 76.9 Å². The summed E-state index contributed by atoms with van der Waals surface area (Å²) in [4.78, 5) is 23.0. The highest BCUT2D eigenvalue weighted by molar-refractivity contribution is 5.95. The number of aliphatic carboxylic acids is 1. The van der Waals surface area contributed by atoms with Crippen LogP contribution in [0.4, 0.5) is 18.9 Å². The number of carboxylic acids is 1. The summed E-state index contributed by atoms with van der Waals surface area (Å²) in [6.45, 7) is 0.0471. The Hall–Kier alpha value is -3.29. The molecule has 0 spiro atoms. The summed E-state index contributed by atoms with van der Waals surface area (Å²) in [6.07, 6.45) is 0.388. The van der Waals surface area contributed by atoms with Crippen LogP contribution in [0.15, 0.2) is 54.6 Å². The van der Waals surface area contributed by atoms with Crippen LogP contribution in [-0.4, -0.2) is 23.5 Å². The Kier molecular flexibility index (Phi) is 5.47. The molecular formula is C23H21F3N2O3. The molecule has 0 bridgehead atoms. The Morgan fingerprint density at radius 2 is 1.87 bits per heavy atom. The van der Waals surface area contributed by atoms with Crippen LogP contribution in [0.3, 0.4) is 0 Å². The summed E-state index contributed by atoms with van der Waals surface area (Å²) in [5.74, 6) is -1.17. The van der Waals surface area contributed by atoms with Gasteiger partial charge in [-0.3, -0.25) is 9.59 Å². The second-order valence-electron chi connectivity index (χ2n) is 7.80. The van der Waals surface area contributed by atoms with Gasteiger partial charge in [0.2, 0.25) is 0 Å². The molecule has 2 aromatic carbocycles. The average Bonchev–Trinajstić information content (AvgIpc) is 3.22. The van der Waals surface area contributed by atoms with Gasteiger partial charge in [-0.05, 0) is 53.8 Å². The molecule has 3 atom stereocenters. The molecule has 1 amide bonds. The lowest BCUT2D eigenvalue weighted by Crippen LogP contribution is -2.30. The molecule has 0 saturated heterocycles. The van der Waals surface area contributed by atoms with E-state index in [0.29, 0.717) is 5.56 Å². The number of alkyl halides is 3. The van der Waals surface area contributed by atoms with E-state index in [2.05, 4.69) is 22.8 Å². The summed E-state index contributed by atoms with van der Waals surface area (Å²) in [7, 11) is 0. The number of benzene rings is 2. The molecule has 162 valence electrons. The Morgan fingerprint density at radius 3 is 2.55 bits per heavy atom. The van der Waals surface area contributed by atoms with Crippen LogP contribution in [-0.2, 0) is 11.0 Å². The molecule has 4 rings (SSSR count). The molecule has 8 heteroatoms. The zero-order valence-corrected chi connectivity index (χ0v) is 16.4. The lowest BCUT2D eigenvalue weighted by Gasteiger charge is -2.37. The fraction of sp³-hybridized carbons (Fsp3) is 0.304. The van der Waals surface area contributed by atoms with E-state index in [1.165, 1.54) is 12.1 Å². The number of carboxylic acid groups (broad SMARTS) is 1. The number of allylic oxidation sites excluding steroid dienone is 2. The number of hydrogen-bond donors (Lipinski definition) is 3. The highest BCUT2D eigenvalue weighted by Crippen LogP contribution is 2.50. The third-order valence-corrected chi connectivity index (χ3v) is 5.85. The Labute approximate surface area is 177 Å². The number of carbonyl (C=O) groups is 2. The number of anilines is 1. The number of rotatable bonds is 5. The predicted molar refractivity (Wildman–Crippen MR) is 109 cm³/mol. The van der Waals surface area contributed by atoms with Crippen molar-refractivity contribution < 1.29 is 27.9 Å². The quantitative estimate of drug-likeness (QED) is 0.599. The average molecular weight is 430 g/mol. The van der Waals surface area contributed by atoms with Crippen molar-refractivity contribution in [1.82, 2.24) is 5.32 Å². The lowest BCUT2D eigenvalue weighted by molar-refractivity contribution is -0.138. The van der Waals surface area contributed by atoms with Crippen molar-refractivity contribution in [3.8, 4) is 0 Å². The normalized spacial score (nSPS) is 21.7. The highest BCUT2D eigenvalue weighted by Gasteiger charge is 2.38. The molecule has 5 nitrogen and oxygen atoms in total. The maximum atomic E-state index is 12.9. The number of carbonyl (C=O) groups excluding carboxylic acids is 1. The molecular weight excluding hydrogens is 409 g/mol. The van der Waals surface area contributed by atoms with Gasteiger partial charge >= 0.3 is 12.1 Å². The molecule has 0 saturated carbocycles. The maximum absolute atomic E-state index is 12.9. The van der Waals surface area contributed by atoms with Gasteiger partial charge in [-0.1, -0.05) is 24.3 Å². The number of hydrogen-bond acceptors (Lipinski definition) is 3. The molecule has 1 aliphatic carbocycles. The van der Waals surface area contributed by atoms with Gasteiger partial charge in [-0.25, -0.2) is 0 Å². The van der Waals surface area contributed by atoms with Crippen LogP contribution in [0.1, 0.15) is 51.8 Å². The van der Waals surface area contributed by atoms with E-state index in [1.54, 1.807) is 18.2 Å². The van der Waals surface area contributed by atoms with E-state index < -0.39 is 17.7 Å². The first-order valence-corrected chi connectivity index (χ1v) is 9.98. The molecule has 0 fully saturated rings. The maximum Gasteiger partial charge on any atom is 0.416 e.